The van der Waals surface area contributed by atoms with Gasteiger partial charge in [0, 0.05) is 0 Å². The van der Waals surface area contributed by atoms with Gasteiger partial charge in [-0.25, -0.2) is 0 Å². The minimum atomic E-state index is 0. The number of hydrogen-bond donors (Lipinski definition) is 0. The van der Waals surface area contributed by atoms with Crippen LogP contribution < -0.4 is 5.30 Å². The smallest absolute Gasteiger partial charge is 0.0663 e. The van der Waals surface area contributed by atoms with Gasteiger partial charge in [0.1, 0.15) is 0 Å². The standard InChI is InChI=1S/C6H5ClP.2ClH/c7-8-6-4-2-1-3-5-6;;/h1-5H;2*1H. The quantitative estimate of drug-likeness (QED) is 0.632. The maximum Gasteiger partial charge on any atom is 0.0663 e. The summed E-state index contributed by atoms with van der Waals surface area (Å²) < 4.78 is 0. The molecule has 0 aromatic heterocycles. The highest BCUT2D eigenvalue weighted by atomic mass is 35.7. The summed E-state index contributed by atoms with van der Waals surface area (Å²) in [6.07, 6.45) is 0. The van der Waals surface area contributed by atoms with Gasteiger partial charge in [-0.05, 0) is 5.30 Å². The summed E-state index contributed by atoms with van der Waals surface area (Å²) in [5, 5.41) is 1.15. The van der Waals surface area contributed by atoms with Gasteiger partial charge in [-0.2, -0.15) is 0 Å². The fourth-order valence-electron chi connectivity index (χ4n) is 0.484. The van der Waals surface area contributed by atoms with Crippen LogP contribution >= 0.6 is 44.0 Å². The molecule has 1 rings (SSSR count). The first-order chi connectivity index (χ1) is 3.93. The van der Waals surface area contributed by atoms with Gasteiger partial charge in [0.25, 0.3) is 0 Å². The first kappa shape index (κ1) is 13.1. The van der Waals surface area contributed by atoms with E-state index in [9.17, 15) is 0 Å². The van der Waals surface area contributed by atoms with E-state index in [1.807, 2.05) is 30.3 Å². The van der Waals surface area contributed by atoms with Gasteiger partial charge in [0.2, 0.25) is 0 Å². The molecule has 0 bridgehead atoms. The minimum absolute atomic E-state index is 0. The van der Waals surface area contributed by atoms with Gasteiger partial charge in [0.15, 0.2) is 0 Å². The van der Waals surface area contributed by atoms with E-state index in [-0.39, 0.29) is 24.8 Å². The van der Waals surface area contributed by atoms with E-state index in [4.69, 9.17) is 11.2 Å². The van der Waals surface area contributed by atoms with Gasteiger partial charge in [-0.1, -0.05) is 41.6 Å². The Hall–Kier alpha value is 0.520. The molecule has 0 saturated carbocycles. The third kappa shape index (κ3) is 4.35. The van der Waals surface area contributed by atoms with Crippen LogP contribution in [0.4, 0.5) is 0 Å². The van der Waals surface area contributed by atoms with E-state index < -0.39 is 0 Å². The lowest BCUT2D eigenvalue weighted by molar-refractivity contribution is 1.78. The third-order valence-electron chi connectivity index (χ3n) is 0.854. The molecule has 0 fully saturated rings. The Labute approximate surface area is 79.7 Å². The van der Waals surface area contributed by atoms with Crippen LogP contribution in [0.1, 0.15) is 0 Å². The normalized spacial score (nSPS) is 8.50. The number of benzene rings is 1. The van der Waals surface area contributed by atoms with Crippen molar-refractivity contribution < 1.29 is 0 Å². The van der Waals surface area contributed by atoms with E-state index in [0.717, 1.165) is 13.2 Å². The molecular weight excluding hydrogens is 209 g/mol. The highest BCUT2D eigenvalue weighted by Gasteiger charge is 1.83. The van der Waals surface area contributed by atoms with Crippen LogP contribution in [-0.4, -0.2) is 0 Å². The van der Waals surface area contributed by atoms with Gasteiger partial charge >= 0.3 is 0 Å². The second-order valence-corrected chi connectivity index (χ2v) is 2.61. The molecule has 10 heavy (non-hydrogen) atoms. The predicted octanol–water partition coefficient (Wildman–Crippen LogP) is 3.26. The molecule has 0 aliphatic carbocycles. The fraction of sp³-hybridized carbons (Fsp3) is 0. The van der Waals surface area contributed by atoms with Crippen molar-refractivity contribution in [3.05, 3.63) is 30.3 Å². The van der Waals surface area contributed by atoms with E-state index in [1.54, 1.807) is 0 Å². The zero-order valence-electron chi connectivity index (χ0n) is 5.03. The minimum Gasteiger partial charge on any atom is -0.147 e. The highest BCUT2D eigenvalue weighted by Crippen LogP contribution is 2.13. The van der Waals surface area contributed by atoms with Crippen molar-refractivity contribution >= 4 is 49.3 Å². The molecular formula is C6H7Cl3P. The van der Waals surface area contributed by atoms with Crippen molar-refractivity contribution in [3.8, 4) is 0 Å². The second-order valence-electron chi connectivity index (χ2n) is 1.42. The van der Waals surface area contributed by atoms with Crippen LogP contribution in [0.25, 0.3) is 0 Å². The summed E-state index contributed by atoms with van der Waals surface area (Å²) in [5.41, 5.74) is 0. The Morgan fingerprint density at radius 1 is 1.00 bits per heavy atom. The Bertz CT molecular complexity index is 154. The molecule has 0 amide bonds. The first-order valence-corrected chi connectivity index (χ1v) is 4.10. The Morgan fingerprint density at radius 3 is 1.80 bits per heavy atom. The molecule has 1 aromatic carbocycles. The molecule has 0 spiro atoms. The second kappa shape index (κ2) is 7.63. The molecule has 0 N–H and O–H groups in total. The van der Waals surface area contributed by atoms with E-state index >= 15 is 0 Å². The maximum absolute atomic E-state index is 5.50. The highest BCUT2D eigenvalue weighted by molar-refractivity contribution is 7.74. The van der Waals surface area contributed by atoms with Crippen molar-refractivity contribution in [3.63, 3.8) is 0 Å². The third-order valence-corrected chi connectivity index (χ3v) is 1.93. The summed E-state index contributed by atoms with van der Waals surface area (Å²) in [5.74, 6) is 0. The van der Waals surface area contributed by atoms with Crippen molar-refractivity contribution in [1.29, 1.82) is 0 Å². The monoisotopic (exact) mass is 215 g/mol. The largest absolute Gasteiger partial charge is 0.147 e. The number of halogens is 3. The van der Waals surface area contributed by atoms with Crippen LogP contribution in [0.2, 0.25) is 0 Å². The van der Waals surface area contributed by atoms with Crippen molar-refractivity contribution in [2.75, 3.05) is 0 Å². The lowest BCUT2D eigenvalue weighted by atomic mass is 10.4. The van der Waals surface area contributed by atoms with Gasteiger partial charge in [0.05, 0.1) is 7.93 Å². The van der Waals surface area contributed by atoms with Crippen LogP contribution in [0, 0.1) is 0 Å². The van der Waals surface area contributed by atoms with Crippen molar-refractivity contribution in [2.24, 2.45) is 0 Å². The SMILES string of the molecule is Cl.Cl.Cl[P]c1ccccc1. The molecule has 1 radical (unpaired) electrons. The Balaban J connectivity index is 0. The molecule has 1 aromatic rings. The van der Waals surface area contributed by atoms with Crippen molar-refractivity contribution in [2.45, 2.75) is 0 Å². The maximum atomic E-state index is 5.50. The molecule has 0 atom stereocenters. The van der Waals surface area contributed by atoms with E-state index in [1.165, 1.54) is 0 Å². The van der Waals surface area contributed by atoms with Gasteiger partial charge < -0.3 is 0 Å². The molecule has 0 saturated heterocycles. The fourth-order valence-corrected chi connectivity index (χ4v) is 1.11. The molecule has 0 aliphatic heterocycles. The molecule has 4 heteroatoms. The lowest BCUT2D eigenvalue weighted by Gasteiger charge is -1.86. The van der Waals surface area contributed by atoms with Crippen LogP contribution in [0.5, 0.6) is 0 Å². The molecule has 0 heterocycles. The average molecular weight is 216 g/mol. The average Bonchev–Trinajstić information content (AvgIpc) is 1.90. The zero-order valence-corrected chi connectivity index (χ0v) is 8.31. The summed E-state index contributed by atoms with van der Waals surface area (Å²) in [7, 11) is 0.822. The molecule has 0 unspecified atom stereocenters. The van der Waals surface area contributed by atoms with E-state index in [2.05, 4.69) is 0 Å². The number of rotatable bonds is 1. The summed E-state index contributed by atoms with van der Waals surface area (Å²) >= 11 is 5.50. The molecule has 57 valence electrons. The van der Waals surface area contributed by atoms with Crippen LogP contribution in [0.15, 0.2) is 30.3 Å². The van der Waals surface area contributed by atoms with Gasteiger partial charge in [-0.3, -0.25) is 0 Å². The topological polar surface area (TPSA) is 0 Å². The lowest BCUT2D eigenvalue weighted by Crippen LogP contribution is -1.85. The zero-order chi connectivity index (χ0) is 5.82. The Kier molecular flexibility index (Phi) is 10.0. The molecule has 0 aliphatic rings. The van der Waals surface area contributed by atoms with Crippen LogP contribution in [-0.2, 0) is 0 Å². The number of hydrogen-bond acceptors (Lipinski definition) is 0. The Morgan fingerprint density at radius 2 is 1.50 bits per heavy atom. The molecule has 0 nitrogen and oxygen atoms in total. The summed E-state index contributed by atoms with van der Waals surface area (Å²) in [6.45, 7) is 0. The first-order valence-electron chi connectivity index (χ1n) is 2.30. The van der Waals surface area contributed by atoms with Crippen molar-refractivity contribution in [1.82, 2.24) is 0 Å². The van der Waals surface area contributed by atoms with E-state index in [0.29, 0.717) is 0 Å². The predicted molar refractivity (Wildman–Crippen MR) is 53.3 cm³/mol. The van der Waals surface area contributed by atoms with Gasteiger partial charge in [-0.15, -0.1) is 24.8 Å². The summed E-state index contributed by atoms with van der Waals surface area (Å²) in [6, 6.07) is 9.92. The summed E-state index contributed by atoms with van der Waals surface area (Å²) in [4.78, 5) is 0. The van der Waals surface area contributed by atoms with Crippen LogP contribution in [0.3, 0.4) is 0 Å².